The summed E-state index contributed by atoms with van der Waals surface area (Å²) >= 11 is 0. The standard InChI is InChI=1S/C14H23N3O3S/c1-2-6-15-12-13-4-3-5-14(11-13)21(18,19)16-17-7-9-20-10-8-17/h3-5,11,15-16H,2,6-10,12H2,1H3. The minimum atomic E-state index is -3.52. The summed E-state index contributed by atoms with van der Waals surface area (Å²) in [6, 6.07) is 7.03. The zero-order chi connectivity index (χ0) is 15.1. The van der Waals surface area contributed by atoms with E-state index in [2.05, 4.69) is 17.1 Å². The van der Waals surface area contributed by atoms with Gasteiger partial charge in [0.1, 0.15) is 0 Å². The molecule has 0 radical (unpaired) electrons. The lowest BCUT2D eigenvalue weighted by Gasteiger charge is -2.26. The molecule has 1 aromatic rings. The first kappa shape index (κ1) is 16.4. The summed E-state index contributed by atoms with van der Waals surface area (Å²) in [7, 11) is -3.52. The number of rotatable bonds is 7. The molecule has 1 aromatic carbocycles. The summed E-state index contributed by atoms with van der Waals surface area (Å²) in [5.41, 5.74) is 0.966. The molecule has 0 aliphatic carbocycles. The number of hydrogen-bond donors (Lipinski definition) is 2. The van der Waals surface area contributed by atoms with Gasteiger partial charge in [-0.3, -0.25) is 0 Å². The molecule has 0 amide bonds. The van der Waals surface area contributed by atoms with Gasteiger partial charge < -0.3 is 10.1 Å². The molecule has 0 unspecified atom stereocenters. The second-order valence-corrected chi connectivity index (χ2v) is 6.68. The third-order valence-corrected chi connectivity index (χ3v) is 4.60. The van der Waals surface area contributed by atoms with Gasteiger partial charge in [0.05, 0.1) is 18.1 Å². The maximum absolute atomic E-state index is 12.4. The molecule has 0 spiro atoms. The van der Waals surface area contributed by atoms with Crippen LogP contribution in [0.3, 0.4) is 0 Å². The van der Waals surface area contributed by atoms with Crippen LogP contribution in [-0.4, -0.2) is 46.3 Å². The number of ether oxygens (including phenoxy) is 1. The lowest BCUT2D eigenvalue weighted by molar-refractivity contribution is 0.0272. The summed E-state index contributed by atoms with van der Waals surface area (Å²) in [4.78, 5) is 2.91. The summed E-state index contributed by atoms with van der Waals surface area (Å²) in [5.74, 6) is 0. The van der Waals surface area contributed by atoms with Crippen LogP contribution in [0.1, 0.15) is 18.9 Å². The Balaban J connectivity index is 2.02. The van der Waals surface area contributed by atoms with E-state index in [4.69, 9.17) is 4.74 Å². The predicted molar refractivity (Wildman–Crippen MR) is 81.2 cm³/mol. The van der Waals surface area contributed by atoms with Gasteiger partial charge in [-0.05, 0) is 30.7 Å². The zero-order valence-electron chi connectivity index (χ0n) is 12.3. The first-order valence-electron chi connectivity index (χ1n) is 7.26. The van der Waals surface area contributed by atoms with Crippen LogP contribution in [0.2, 0.25) is 0 Å². The van der Waals surface area contributed by atoms with E-state index in [1.807, 2.05) is 6.07 Å². The Bertz CT molecular complexity index is 542. The Kier molecular flexibility index (Phi) is 6.13. The quantitative estimate of drug-likeness (QED) is 0.726. The third-order valence-electron chi connectivity index (χ3n) is 3.23. The van der Waals surface area contributed by atoms with Crippen molar-refractivity contribution in [3.05, 3.63) is 29.8 Å². The van der Waals surface area contributed by atoms with Crippen LogP contribution in [-0.2, 0) is 21.3 Å². The third kappa shape index (κ3) is 5.05. The van der Waals surface area contributed by atoms with Crippen LogP contribution < -0.4 is 10.1 Å². The van der Waals surface area contributed by atoms with E-state index < -0.39 is 10.0 Å². The maximum atomic E-state index is 12.4. The van der Waals surface area contributed by atoms with Crippen molar-refractivity contribution in [1.82, 2.24) is 15.2 Å². The highest BCUT2D eigenvalue weighted by molar-refractivity contribution is 7.89. The summed E-state index contributed by atoms with van der Waals surface area (Å²) in [6.07, 6.45) is 1.05. The molecule has 7 heteroatoms. The highest BCUT2D eigenvalue weighted by Crippen LogP contribution is 2.12. The number of morpholine rings is 1. The number of sulfonamides is 1. The molecule has 0 saturated carbocycles. The second kappa shape index (κ2) is 7.86. The molecule has 1 saturated heterocycles. The molecule has 1 aliphatic rings. The largest absolute Gasteiger partial charge is 0.379 e. The van der Waals surface area contributed by atoms with Crippen LogP contribution in [0, 0.1) is 0 Å². The van der Waals surface area contributed by atoms with E-state index in [1.165, 1.54) is 0 Å². The van der Waals surface area contributed by atoms with Gasteiger partial charge in [0.25, 0.3) is 10.0 Å². The highest BCUT2D eigenvalue weighted by atomic mass is 32.2. The molecule has 1 aliphatic heterocycles. The number of hydrogen-bond acceptors (Lipinski definition) is 5. The Labute approximate surface area is 126 Å². The van der Waals surface area contributed by atoms with Gasteiger partial charge in [0.15, 0.2) is 0 Å². The van der Waals surface area contributed by atoms with Crippen molar-refractivity contribution in [2.75, 3.05) is 32.8 Å². The van der Waals surface area contributed by atoms with Crippen LogP contribution in [0.5, 0.6) is 0 Å². The first-order valence-corrected chi connectivity index (χ1v) is 8.75. The van der Waals surface area contributed by atoms with Crippen LogP contribution in [0.4, 0.5) is 0 Å². The lowest BCUT2D eigenvalue weighted by Crippen LogP contribution is -2.48. The Morgan fingerprint density at radius 1 is 1.29 bits per heavy atom. The topological polar surface area (TPSA) is 70.7 Å². The molecule has 1 fully saturated rings. The average molecular weight is 313 g/mol. The molecule has 1 heterocycles. The zero-order valence-corrected chi connectivity index (χ0v) is 13.2. The fraction of sp³-hybridized carbons (Fsp3) is 0.571. The van der Waals surface area contributed by atoms with Gasteiger partial charge >= 0.3 is 0 Å². The minimum Gasteiger partial charge on any atom is -0.379 e. The highest BCUT2D eigenvalue weighted by Gasteiger charge is 2.20. The lowest BCUT2D eigenvalue weighted by atomic mass is 10.2. The van der Waals surface area contributed by atoms with Crippen LogP contribution >= 0.6 is 0 Å². The normalized spacial score (nSPS) is 17.0. The maximum Gasteiger partial charge on any atom is 0.253 e. The van der Waals surface area contributed by atoms with Crippen molar-refractivity contribution in [2.45, 2.75) is 24.8 Å². The van der Waals surface area contributed by atoms with Gasteiger partial charge in [0, 0.05) is 19.6 Å². The van der Waals surface area contributed by atoms with Gasteiger partial charge in [-0.2, -0.15) is 0 Å². The smallest absolute Gasteiger partial charge is 0.253 e. The Morgan fingerprint density at radius 2 is 2.05 bits per heavy atom. The Hall–Kier alpha value is -0.990. The van der Waals surface area contributed by atoms with E-state index in [-0.39, 0.29) is 0 Å². The number of hydrazine groups is 1. The fourth-order valence-corrected chi connectivity index (χ4v) is 3.30. The molecule has 0 bridgehead atoms. The first-order chi connectivity index (χ1) is 10.1. The molecule has 0 atom stereocenters. The molecule has 21 heavy (non-hydrogen) atoms. The van der Waals surface area contributed by atoms with Crippen LogP contribution in [0.15, 0.2) is 29.2 Å². The number of benzene rings is 1. The van der Waals surface area contributed by atoms with Gasteiger partial charge in [-0.1, -0.05) is 19.1 Å². The molecule has 118 valence electrons. The van der Waals surface area contributed by atoms with E-state index in [9.17, 15) is 8.42 Å². The molecular formula is C14H23N3O3S. The fourth-order valence-electron chi connectivity index (χ4n) is 2.11. The van der Waals surface area contributed by atoms with Gasteiger partial charge in [-0.25, -0.2) is 13.4 Å². The Morgan fingerprint density at radius 3 is 2.76 bits per heavy atom. The second-order valence-electron chi connectivity index (χ2n) is 5.02. The van der Waals surface area contributed by atoms with Crippen LogP contribution in [0.25, 0.3) is 0 Å². The summed E-state index contributed by atoms with van der Waals surface area (Å²) < 4.78 is 29.9. The SMILES string of the molecule is CCCNCc1cccc(S(=O)(=O)NN2CCOCC2)c1. The summed E-state index contributed by atoms with van der Waals surface area (Å²) in [6.45, 7) is 5.92. The van der Waals surface area contributed by atoms with Crippen molar-refractivity contribution >= 4 is 10.0 Å². The van der Waals surface area contributed by atoms with E-state index in [0.717, 1.165) is 18.5 Å². The van der Waals surface area contributed by atoms with Crippen molar-refractivity contribution in [2.24, 2.45) is 0 Å². The van der Waals surface area contributed by atoms with E-state index in [0.29, 0.717) is 37.7 Å². The van der Waals surface area contributed by atoms with E-state index >= 15 is 0 Å². The molecule has 2 rings (SSSR count). The average Bonchev–Trinajstić information content (AvgIpc) is 2.48. The minimum absolute atomic E-state index is 0.296. The molecule has 2 N–H and O–H groups in total. The van der Waals surface area contributed by atoms with Crippen molar-refractivity contribution in [3.63, 3.8) is 0 Å². The molecule has 6 nitrogen and oxygen atoms in total. The van der Waals surface area contributed by atoms with Crippen molar-refractivity contribution in [3.8, 4) is 0 Å². The van der Waals surface area contributed by atoms with Crippen molar-refractivity contribution < 1.29 is 13.2 Å². The predicted octanol–water partition coefficient (Wildman–Crippen LogP) is 0.712. The van der Waals surface area contributed by atoms with E-state index in [1.54, 1.807) is 23.2 Å². The number of nitrogens with zero attached hydrogens (tertiary/aromatic N) is 1. The summed E-state index contributed by atoms with van der Waals surface area (Å²) in [5, 5.41) is 4.95. The number of nitrogens with one attached hydrogen (secondary N) is 2. The van der Waals surface area contributed by atoms with Gasteiger partial charge in [0.2, 0.25) is 0 Å². The molecule has 0 aromatic heterocycles. The molecular weight excluding hydrogens is 290 g/mol. The monoisotopic (exact) mass is 313 g/mol. The van der Waals surface area contributed by atoms with Gasteiger partial charge in [-0.15, -0.1) is 4.83 Å². The van der Waals surface area contributed by atoms with Crippen molar-refractivity contribution in [1.29, 1.82) is 0 Å².